The zero-order valence-corrected chi connectivity index (χ0v) is 17.9. The fourth-order valence-corrected chi connectivity index (χ4v) is 4.22. The molecular formula is C21H24Cl2N4O2. The van der Waals surface area contributed by atoms with Crippen LogP contribution in [0.4, 0.5) is 11.5 Å². The number of piperidine rings is 1. The molecule has 0 bridgehead atoms. The number of aromatic nitrogens is 1. The van der Waals surface area contributed by atoms with Crippen molar-refractivity contribution in [3.63, 3.8) is 0 Å². The van der Waals surface area contributed by atoms with Gasteiger partial charge in [0.15, 0.2) is 0 Å². The molecule has 2 atom stereocenters. The van der Waals surface area contributed by atoms with Crippen molar-refractivity contribution in [2.45, 2.75) is 39.2 Å². The Balaban J connectivity index is 1.82. The molecule has 1 saturated heterocycles. The van der Waals surface area contributed by atoms with Crippen LogP contribution in [0.1, 0.15) is 43.9 Å². The number of aryl methyl sites for hydroxylation is 1. The summed E-state index contributed by atoms with van der Waals surface area (Å²) in [5.41, 5.74) is 7.90. The van der Waals surface area contributed by atoms with Gasteiger partial charge >= 0.3 is 11.8 Å². The van der Waals surface area contributed by atoms with Crippen molar-refractivity contribution in [3.05, 3.63) is 51.6 Å². The van der Waals surface area contributed by atoms with Gasteiger partial charge in [0, 0.05) is 16.6 Å². The predicted octanol–water partition coefficient (Wildman–Crippen LogP) is 4.47. The second kappa shape index (κ2) is 9.01. The van der Waals surface area contributed by atoms with Gasteiger partial charge in [-0.3, -0.25) is 9.59 Å². The number of rotatable bonds is 3. The number of amides is 2. The quantitative estimate of drug-likeness (QED) is 0.697. The topological polar surface area (TPSA) is 88.3 Å². The van der Waals surface area contributed by atoms with Crippen LogP contribution in [0, 0.1) is 5.92 Å². The highest BCUT2D eigenvalue weighted by Gasteiger charge is 2.34. The number of carbonyl (C=O) groups excluding carboxylic acids is 2. The van der Waals surface area contributed by atoms with Crippen molar-refractivity contribution >= 4 is 46.5 Å². The number of hydrogen-bond donors (Lipinski definition) is 2. The summed E-state index contributed by atoms with van der Waals surface area (Å²) in [6.07, 6.45) is 3.81. The Morgan fingerprint density at radius 1 is 1.21 bits per heavy atom. The maximum Gasteiger partial charge on any atom is 0.313 e. The lowest BCUT2D eigenvalue weighted by atomic mass is 9.90. The van der Waals surface area contributed by atoms with Crippen molar-refractivity contribution in [2.75, 3.05) is 17.6 Å². The van der Waals surface area contributed by atoms with Crippen molar-refractivity contribution in [2.24, 2.45) is 5.92 Å². The maximum absolute atomic E-state index is 13.0. The first kappa shape index (κ1) is 21.4. The molecule has 6 nitrogen and oxygen atoms in total. The van der Waals surface area contributed by atoms with Gasteiger partial charge < -0.3 is 16.0 Å². The van der Waals surface area contributed by atoms with E-state index in [2.05, 4.69) is 17.2 Å². The second-order valence-corrected chi connectivity index (χ2v) is 8.31. The summed E-state index contributed by atoms with van der Waals surface area (Å²) in [7, 11) is 0. The molecule has 3 rings (SSSR count). The lowest BCUT2D eigenvalue weighted by molar-refractivity contribution is -0.146. The van der Waals surface area contributed by atoms with E-state index in [4.69, 9.17) is 28.9 Å². The van der Waals surface area contributed by atoms with Crippen LogP contribution < -0.4 is 11.1 Å². The minimum Gasteiger partial charge on any atom is -0.383 e. The van der Waals surface area contributed by atoms with E-state index in [1.807, 2.05) is 6.92 Å². The van der Waals surface area contributed by atoms with Gasteiger partial charge in [0.05, 0.1) is 17.9 Å². The number of halogens is 2. The number of pyridine rings is 1. The Hall–Kier alpha value is -2.31. The standard InChI is InChI=1S/C21H24Cl2N4O2/c1-3-13-8-17(10-25-19(13)24)26-20(28)21(29)27-11-12(2)4-5-18(27)14-6-15(22)9-16(23)7-14/h6-10,12,18H,3-5,11H2,1-2H3,(H2,24,25)(H,26,28)/t12-,18+/m0/s1. The van der Waals surface area contributed by atoms with Crippen molar-refractivity contribution in [1.82, 2.24) is 9.88 Å². The maximum atomic E-state index is 13.0. The Labute approximate surface area is 180 Å². The van der Waals surface area contributed by atoms with Gasteiger partial charge in [-0.05, 0) is 60.6 Å². The van der Waals surface area contributed by atoms with Crippen LogP contribution in [-0.4, -0.2) is 28.2 Å². The first-order valence-corrected chi connectivity index (χ1v) is 10.4. The fraction of sp³-hybridized carbons (Fsp3) is 0.381. The van der Waals surface area contributed by atoms with Gasteiger partial charge in [-0.25, -0.2) is 4.98 Å². The van der Waals surface area contributed by atoms with Gasteiger partial charge in [0.2, 0.25) is 0 Å². The Bertz CT molecular complexity index is 915. The molecule has 1 aromatic heterocycles. The molecule has 0 aliphatic carbocycles. The summed E-state index contributed by atoms with van der Waals surface area (Å²) in [4.78, 5) is 31.4. The zero-order chi connectivity index (χ0) is 21.1. The van der Waals surface area contributed by atoms with Gasteiger partial charge in [-0.15, -0.1) is 0 Å². The molecule has 154 valence electrons. The molecule has 1 fully saturated rings. The number of benzene rings is 1. The molecule has 8 heteroatoms. The number of nitrogens with one attached hydrogen (secondary N) is 1. The van der Waals surface area contributed by atoms with E-state index in [9.17, 15) is 9.59 Å². The SMILES string of the molecule is CCc1cc(NC(=O)C(=O)N2C[C@@H](C)CC[C@@H]2c2cc(Cl)cc(Cl)c2)cnc1N. The molecule has 2 amide bonds. The monoisotopic (exact) mass is 434 g/mol. The van der Waals surface area contributed by atoms with E-state index in [0.717, 1.165) is 24.0 Å². The van der Waals surface area contributed by atoms with E-state index in [0.29, 0.717) is 40.4 Å². The number of hydrogen-bond acceptors (Lipinski definition) is 4. The molecule has 3 N–H and O–H groups in total. The average Bonchev–Trinajstić information content (AvgIpc) is 2.67. The normalized spacial score (nSPS) is 19.1. The minimum absolute atomic E-state index is 0.253. The number of nitrogen functional groups attached to an aromatic ring is 1. The highest BCUT2D eigenvalue weighted by molar-refractivity contribution is 6.39. The van der Waals surface area contributed by atoms with Crippen LogP contribution in [0.5, 0.6) is 0 Å². The molecule has 1 aliphatic rings. The molecule has 2 aromatic rings. The number of likely N-dealkylation sites (tertiary alicyclic amines) is 1. The van der Waals surface area contributed by atoms with Crippen molar-refractivity contribution in [1.29, 1.82) is 0 Å². The second-order valence-electron chi connectivity index (χ2n) is 7.43. The lowest BCUT2D eigenvalue weighted by Gasteiger charge is -2.38. The fourth-order valence-electron chi connectivity index (χ4n) is 3.68. The number of anilines is 2. The number of carbonyl (C=O) groups is 2. The smallest absolute Gasteiger partial charge is 0.313 e. The first-order chi connectivity index (χ1) is 13.8. The van der Waals surface area contributed by atoms with Gasteiger partial charge in [-0.1, -0.05) is 37.0 Å². The molecule has 29 heavy (non-hydrogen) atoms. The zero-order valence-electron chi connectivity index (χ0n) is 16.4. The van der Waals surface area contributed by atoms with E-state index < -0.39 is 11.8 Å². The summed E-state index contributed by atoms with van der Waals surface area (Å²) < 4.78 is 0. The third-order valence-electron chi connectivity index (χ3n) is 5.18. The molecule has 0 radical (unpaired) electrons. The lowest BCUT2D eigenvalue weighted by Crippen LogP contribution is -2.46. The van der Waals surface area contributed by atoms with E-state index in [-0.39, 0.29) is 6.04 Å². The molecule has 2 heterocycles. The number of nitrogens with zero attached hydrogens (tertiary/aromatic N) is 2. The van der Waals surface area contributed by atoms with Crippen LogP contribution in [0.15, 0.2) is 30.5 Å². The molecule has 1 aromatic carbocycles. The molecule has 0 saturated carbocycles. The molecule has 1 aliphatic heterocycles. The van der Waals surface area contributed by atoms with E-state index >= 15 is 0 Å². The largest absolute Gasteiger partial charge is 0.383 e. The van der Waals surface area contributed by atoms with E-state index in [1.165, 1.54) is 6.20 Å². The average molecular weight is 435 g/mol. The third-order valence-corrected chi connectivity index (χ3v) is 5.62. The van der Waals surface area contributed by atoms with Gasteiger partial charge in [0.1, 0.15) is 5.82 Å². The Morgan fingerprint density at radius 2 is 1.90 bits per heavy atom. The highest BCUT2D eigenvalue weighted by Crippen LogP contribution is 2.35. The Morgan fingerprint density at radius 3 is 2.55 bits per heavy atom. The minimum atomic E-state index is -0.703. The first-order valence-electron chi connectivity index (χ1n) is 9.60. The summed E-state index contributed by atoms with van der Waals surface area (Å²) in [6.45, 7) is 4.50. The Kier molecular flexibility index (Phi) is 6.65. The highest BCUT2D eigenvalue weighted by atomic mass is 35.5. The van der Waals surface area contributed by atoms with E-state index in [1.54, 1.807) is 29.2 Å². The summed E-state index contributed by atoms with van der Waals surface area (Å²) in [5.74, 6) is -0.583. The molecule has 0 unspecified atom stereocenters. The van der Waals surface area contributed by atoms with Gasteiger partial charge in [0.25, 0.3) is 0 Å². The van der Waals surface area contributed by atoms with Crippen LogP contribution in [-0.2, 0) is 16.0 Å². The van der Waals surface area contributed by atoms with Crippen molar-refractivity contribution < 1.29 is 9.59 Å². The van der Waals surface area contributed by atoms with Crippen LogP contribution >= 0.6 is 23.2 Å². The third kappa shape index (κ3) is 5.00. The summed E-state index contributed by atoms with van der Waals surface area (Å²) >= 11 is 12.3. The van der Waals surface area contributed by atoms with Crippen LogP contribution in [0.3, 0.4) is 0 Å². The van der Waals surface area contributed by atoms with Gasteiger partial charge in [-0.2, -0.15) is 0 Å². The number of nitrogens with two attached hydrogens (primary N) is 1. The predicted molar refractivity (Wildman–Crippen MR) is 116 cm³/mol. The van der Waals surface area contributed by atoms with Crippen LogP contribution in [0.2, 0.25) is 10.0 Å². The summed E-state index contributed by atoms with van der Waals surface area (Å²) in [5, 5.41) is 3.66. The van der Waals surface area contributed by atoms with Crippen LogP contribution in [0.25, 0.3) is 0 Å². The molecular weight excluding hydrogens is 411 g/mol. The van der Waals surface area contributed by atoms with Crippen molar-refractivity contribution in [3.8, 4) is 0 Å². The summed E-state index contributed by atoms with van der Waals surface area (Å²) in [6, 6.07) is 6.72. The molecule has 0 spiro atoms.